The van der Waals surface area contributed by atoms with Crippen molar-refractivity contribution in [2.75, 3.05) is 11.5 Å². The van der Waals surface area contributed by atoms with Gasteiger partial charge in [-0.3, -0.25) is 0 Å². The molecule has 0 bridgehead atoms. The number of nitrogen functional groups attached to an aromatic ring is 2. The summed E-state index contributed by atoms with van der Waals surface area (Å²) in [5.41, 5.74) is 11.6. The maximum atomic E-state index is 15.6. The molecule has 2 aromatic rings. The zero-order valence-corrected chi connectivity index (χ0v) is 16.4. The number of rotatable bonds is 5. The lowest BCUT2D eigenvalue weighted by molar-refractivity contribution is 0.0152. The number of benzene rings is 2. The fraction of sp³-hybridized carbons (Fsp3) is 0.333. The van der Waals surface area contributed by atoms with Gasteiger partial charge in [0.25, 0.3) is 0 Å². The van der Waals surface area contributed by atoms with Crippen molar-refractivity contribution in [3.8, 4) is 11.5 Å². The van der Waals surface area contributed by atoms with Gasteiger partial charge in [0, 0.05) is 17.3 Å². The molecule has 0 heterocycles. The van der Waals surface area contributed by atoms with Crippen molar-refractivity contribution in [2.45, 2.75) is 43.9 Å². The van der Waals surface area contributed by atoms with Gasteiger partial charge in [0.2, 0.25) is 0 Å². The molecule has 1 atom stereocenters. The maximum absolute atomic E-state index is 15.6. The summed E-state index contributed by atoms with van der Waals surface area (Å²) in [4.78, 5) is 0. The second-order valence-electron chi connectivity index (χ2n) is 7.90. The van der Waals surface area contributed by atoms with Crippen molar-refractivity contribution >= 4 is 11.4 Å². The van der Waals surface area contributed by atoms with E-state index in [1.54, 1.807) is 12.1 Å². The number of allylic oxidation sites excluding steroid dienone is 3. The summed E-state index contributed by atoms with van der Waals surface area (Å²) < 4.78 is 27.5. The van der Waals surface area contributed by atoms with Crippen LogP contribution in [0.3, 0.4) is 0 Å². The SMILES string of the molecule is Nc1ccc(OC2=CCC(C3(F)CCC(Oc4ccc(N)cc4)CC3)C=C2)cc1. The summed E-state index contributed by atoms with van der Waals surface area (Å²) in [6, 6.07) is 14.6. The molecule has 4 nitrogen and oxygen atoms in total. The van der Waals surface area contributed by atoms with Crippen LogP contribution in [0.15, 0.2) is 72.5 Å². The second-order valence-corrected chi connectivity index (χ2v) is 7.90. The molecule has 2 aliphatic rings. The lowest BCUT2D eigenvalue weighted by Crippen LogP contribution is -2.40. The van der Waals surface area contributed by atoms with Gasteiger partial charge in [-0.05, 0) is 92.8 Å². The van der Waals surface area contributed by atoms with Crippen LogP contribution in [-0.2, 0) is 0 Å². The van der Waals surface area contributed by atoms with Crippen molar-refractivity contribution in [2.24, 2.45) is 5.92 Å². The number of hydrogen-bond acceptors (Lipinski definition) is 4. The lowest BCUT2D eigenvalue weighted by Gasteiger charge is -2.39. The fourth-order valence-corrected chi connectivity index (χ4v) is 4.03. The number of halogens is 1. The molecule has 1 saturated carbocycles. The molecule has 0 radical (unpaired) electrons. The van der Waals surface area contributed by atoms with Crippen LogP contribution in [0.25, 0.3) is 0 Å². The van der Waals surface area contributed by atoms with Crippen LogP contribution in [0.1, 0.15) is 32.1 Å². The van der Waals surface area contributed by atoms with E-state index in [0.29, 0.717) is 43.5 Å². The van der Waals surface area contributed by atoms with Crippen molar-refractivity contribution in [3.63, 3.8) is 0 Å². The van der Waals surface area contributed by atoms with Gasteiger partial charge in [0.1, 0.15) is 22.9 Å². The quantitative estimate of drug-likeness (QED) is 0.664. The van der Waals surface area contributed by atoms with Gasteiger partial charge in [-0.25, -0.2) is 4.39 Å². The third-order valence-electron chi connectivity index (χ3n) is 5.79. The van der Waals surface area contributed by atoms with E-state index in [-0.39, 0.29) is 12.0 Å². The molecule has 152 valence electrons. The lowest BCUT2D eigenvalue weighted by atomic mass is 9.74. The Balaban J connectivity index is 1.29. The summed E-state index contributed by atoms with van der Waals surface area (Å²) >= 11 is 0. The summed E-state index contributed by atoms with van der Waals surface area (Å²) in [5.74, 6) is 2.14. The van der Waals surface area contributed by atoms with E-state index in [4.69, 9.17) is 20.9 Å². The largest absolute Gasteiger partial charge is 0.490 e. The standard InChI is InChI=1S/C24H27FN2O2/c25-24(15-13-23(14-16-24)29-22-11-5-19(27)6-12-22)17-1-7-20(8-2-17)28-21-9-3-18(26)4-10-21/h1,3-12,17,23H,2,13-16,26-27H2. The number of nitrogens with two attached hydrogens (primary N) is 2. The van der Waals surface area contributed by atoms with E-state index in [2.05, 4.69) is 0 Å². The first-order valence-electron chi connectivity index (χ1n) is 10.1. The zero-order valence-electron chi connectivity index (χ0n) is 16.4. The average molecular weight is 394 g/mol. The first-order valence-corrected chi connectivity index (χ1v) is 10.1. The third-order valence-corrected chi connectivity index (χ3v) is 5.79. The van der Waals surface area contributed by atoms with Crippen LogP contribution in [0.5, 0.6) is 11.5 Å². The van der Waals surface area contributed by atoms with Crippen LogP contribution in [0.2, 0.25) is 0 Å². The van der Waals surface area contributed by atoms with E-state index in [9.17, 15) is 0 Å². The minimum Gasteiger partial charge on any atom is -0.490 e. The Hall–Kier alpha value is -2.95. The molecule has 0 aliphatic heterocycles. The van der Waals surface area contributed by atoms with Gasteiger partial charge in [-0.15, -0.1) is 0 Å². The molecular formula is C24H27FN2O2. The van der Waals surface area contributed by atoms with Crippen LogP contribution < -0.4 is 20.9 Å². The minimum absolute atomic E-state index is 0.0509. The Morgan fingerprint density at radius 3 is 2.00 bits per heavy atom. The first kappa shape index (κ1) is 19.4. The second kappa shape index (κ2) is 8.19. The highest BCUT2D eigenvalue weighted by Crippen LogP contribution is 2.43. The van der Waals surface area contributed by atoms with E-state index in [0.717, 1.165) is 17.3 Å². The van der Waals surface area contributed by atoms with Crippen molar-refractivity contribution < 1.29 is 13.9 Å². The van der Waals surface area contributed by atoms with Gasteiger partial charge in [-0.2, -0.15) is 0 Å². The molecular weight excluding hydrogens is 367 g/mol. The molecule has 1 fully saturated rings. The molecule has 0 saturated heterocycles. The Morgan fingerprint density at radius 1 is 0.862 bits per heavy atom. The van der Waals surface area contributed by atoms with E-state index in [1.165, 1.54) is 0 Å². The summed E-state index contributed by atoms with van der Waals surface area (Å²) in [5, 5.41) is 0. The normalized spacial score (nSPS) is 26.6. The molecule has 0 aromatic heterocycles. The van der Waals surface area contributed by atoms with Crippen LogP contribution in [-0.4, -0.2) is 11.8 Å². The van der Waals surface area contributed by atoms with Gasteiger partial charge in [0.05, 0.1) is 6.10 Å². The average Bonchev–Trinajstić information content (AvgIpc) is 2.74. The molecule has 0 spiro atoms. The first-order chi connectivity index (χ1) is 14.0. The predicted molar refractivity (Wildman–Crippen MR) is 114 cm³/mol. The van der Waals surface area contributed by atoms with Gasteiger partial charge in [0.15, 0.2) is 0 Å². The Labute approximate surface area is 171 Å². The Morgan fingerprint density at radius 2 is 1.45 bits per heavy atom. The summed E-state index contributed by atoms with van der Waals surface area (Å²) in [7, 11) is 0. The topological polar surface area (TPSA) is 70.5 Å². The van der Waals surface area contributed by atoms with Gasteiger partial charge >= 0.3 is 0 Å². The molecule has 5 heteroatoms. The maximum Gasteiger partial charge on any atom is 0.127 e. The van der Waals surface area contributed by atoms with Gasteiger partial charge < -0.3 is 20.9 Å². The van der Waals surface area contributed by atoms with E-state index in [1.807, 2.05) is 54.6 Å². The van der Waals surface area contributed by atoms with Crippen molar-refractivity contribution in [1.82, 2.24) is 0 Å². The fourth-order valence-electron chi connectivity index (χ4n) is 4.03. The number of hydrogen-bond donors (Lipinski definition) is 2. The molecule has 1 unspecified atom stereocenters. The third kappa shape index (κ3) is 4.73. The molecule has 4 rings (SSSR count). The van der Waals surface area contributed by atoms with Crippen LogP contribution in [0.4, 0.5) is 15.8 Å². The zero-order chi connectivity index (χ0) is 20.3. The van der Waals surface area contributed by atoms with Crippen LogP contribution >= 0.6 is 0 Å². The molecule has 29 heavy (non-hydrogen) atoms. The van der Waals surface area contributed by atoms with Crippen molar-refractivity contribution in [3.05, 3.63) is 72.5 Å². The molecule has 2 aromatic carbocycles. The summed E-state index contributed by atoms with van der Waals surface area (Å²) in [6.45, 7) is 0. The molecule has 0 amide bonds. The van der Waals surface area contributed by atoms with E-state index < -0.39 is 5.67 Å². The minimum atomic E-state index is -1.19. The highest BCUT2D eigenvalue weighted by Gasteiger charge is 2.42. The van der Waals surface area contributed by atoms with Crippen molar-refractivity contribution in [1.29, 1.82) is 0 Å². The monoisotopic (exact) mass is 394 g/mol. The highest BCUT2D eigenvalue weighted by molar-refractivity contribution is 5.43. The number of alkyl halides is 1. The summed E-state index contributed by atoms with van der Waals surface area (Å²) in [6.07, 6.45) is 8.92. The predicted octanol–water partition coefficient (Wildman–Crippen LogP) is 5.42. The van der Waals surface area contributed by atoms with Gasteiger partial charge in [-0.1, -0.05) is 6.08 Å². The number of ether oxygens (including phenoxy) is 2. The number of anilines is 2. The van der Waals surface area contributed by atoms with Crippen LogP contribution in [0, 0.1) is 5.92 Å². The Kier molecular flexibility index (Phi) is 5.47. The Bertz CT molecular complexity index is 882. The highest BCUT2D eigenvalue weighted by atomic mass is 19.1. The molecule has 2 aliphatic carbocycles. The van der Waals surface area contributed by atoms with E-state index >= 15 is 4.39 Å². The molecule has 4 N–H and O–H groups in total. The smallest absolute Gasteiger partial charge is 0.127 e.